The van der Waals surface area contributed by atoms with Gasteiger partial charge in [-0.15, -0.1) is 0 Å². The lowest BCUT2D eigenvalue weighted by Crippen LogP contribution is -2.64. The third kappa shape index (κ3) is 2.77. The minimum absolute atomic E-state index is 0.00306. The van der Waals surface area contributed by atoms with Crippen LogP contribution in [0.1, 0.15) is 32.8 Å². The summed E-state index contributed by atoms with van der Waals surface area (Å²) < 4.78 is 13.4. The van der Waals surface area contributed by atoms with E-state index in [2.05, 4.69) is 5.32 Å². The van der Waals surface area contributed by atoms with Gasteiger partial charge in [-0.25, -0.2) is 4.39 Å². The molecule has 2 rings (SSSR count). The molecule has 5 heteroatoms. The molecular weight excluding hydrogens is 271 g/mol. The van der Waals surface area contributed by atoms with E-state index in [1.807, 2.05) is 20.8 Å². The molecule has 2 unspecified atom stereocenters. The third-order valence-corrected chi connectivity index (χ3v) is 3.89. The number of hydrogen-bond donors (Lipinski definition) is 1. The van der Waals surface area contributed by atoms with Gasteiger partial charge in [0, 0.05) is 5.69 Å². The second-order valence-electron chi connectivity index (χ2n) is 5.80. The maximum Gasteiger partial charge on any atom is 0.250 e. The molecule has 1 aliphatic heterocycles. The third-order valence-electron chi connectivity index (χ3n) is 3.89. The van der Waals surface area contributed by atoms with E-state index >= 15 is 0 Å². The Bertz CT molecular complexity index is 571. The Labute approximate surface area is 124 Å². The van der Waals surface area contributed by atoms with Gasteiger partial charge in [0.05, 0.1) is 0 Å². The minimum atomic E-state index is -0.544. The summed E-state index contributed by atoms with van der Waals surface area (Å²) >= 11 is 0. The van der Waals surface area contributed by atoms with E-state index in [1.165, 1.54) is 11.0 Å². The lowest BCUT2D eigenvalue weighted by atomic mass is 9.96. The quantitative estimate of drug-likeness (QED) is 0.930. The number of nitrogens with zero attached hydrogens (tertiary/aromatic N) is 1. The fraction of sp³-hybridized carbons (Fsp3) is 0.500. The van der Waals surface area contributed by atoms with E-state index in [-0.39, 0.29) is 23.5 Å². The topological polar surface area (TPSA) is 49.4 Å². The first-order chi connectivity index (χ1) is 9.86. The van der Waals surface area contributed by atoms with Crippen molar-refractivity contribution in [3.63, 3.8) is 0 Å². The molecule has 4 nitrogen and oxygen atoms in total. The number of rotatable bonds is 3. The largest absolute Gasteiger partial charge is 0.342 e. The first-order valence-corrected chi connectivity index (χ1v) is 7.26. The SMILES string of the molecule is CCC1C(=O)NC(C(C)C)C(=O)N1c1ccc(F)c(C)c1. The van der Waals surface area contributed by atoms with Gasteiger partial charge in [0.2, 0.25) is 5.91 Å². The number of anilines is 1. The number of aryl methyl sites for hydroxylation is 1. The highest BCUT2D eigenvalue weighted by molar-refractivity contribution is 6.08. The van der Waals surface area contributed by atoms with Crippen LogP contribution in [-0.2, 0) is 9.59 Å². The van der Waals surface area contributed by atoms with Crippen LogP contribution in [0.5, 0.6) is 0 Å². The highest BCUT2D eigenvalue weighted by Gasteiger charge is 2.41. The fourth-order valence-corrected chi connectivity index (χ4v) is 2.64. The molecule has 114 valence electrons. The van der Waals surface area contributed by atoms with Crippen molar-refractivity contribution >= 4 is 17.5 Å². The predicted molar refractivity (Wildman–Crippen MR) is 79.5 cm³/mol. The van der Waals surface area contributed by atoms with Crippen molar-refractivity contribution in [2.75, 3.05) is 4.90 Å². The van der Waals surface area contributed by atoms with Crippen molar-refractivity contribution in [3.05, 3.63) is 29.6 Å². The minimum Gasteiger partial charge on any atom is -0.342 e. The first-order valence-electron chi connectivity index (χ1n) is 7.26. The number of nitrogens with one attached hydrogen (secondary N) is 1. The van der Waals surface area contributed by atoms with Crippen LogP contribution < -0.4 is 10.2 Å². The summed E-state index contributed by atoms with van der Waals surface area (Å²) in [5.74, 6) is -0.607. The summed E-state index contributed by atoms with van der Waals surface area (Å²) in [5.41, 5.74) is 1.04. The Morgan fingerprint density at radius 2 is 2.00 bits per heavy atom. The summed E-state index contributed by atoms with van der Waals surface area (Å²) in [6, 6.07) is 3.43. The van der Waals surface area contributed by atoms with Crippen molar-refractivity contribution in [2.24, 2.45) is 5.92 Å². The number of carbonyl (C=O) groups excluding carboxylic acids is 2. The van der Waals surface area contributed by atoms with Crippen LogP contribution in [0.4, 0.5) is 10.1 Å². The maximum absolute atomic E-state index is 13.4. The molecule has 1 saturated heterocycles. The summed E-state index contributed by atoms with van der Waals surface area (Å²) in [6.45, 7) is 7.29. The number of halogens is 1. The van der Waals surface area contributed by atoms with Crippen molar-refractivity contribution < 1.29 is 14.0 Å². The number of hydrogen-bond acceptors (Lipinski definition) is 2. The Hall–Kier alpha value is -1.91. The Morgan fingerprint density at radius 1 is 1.33 bits per heavy atom. The molecule has 0 saturated carbocycles. The van der Waals surface area contributed by atoms with Crippen LogP contribution in [0.2, 0.25) is 0 Å². The van der Waals surface area contributed by atoms with Crippen LogP contribution in [0, 0.1) is 18.7 Å². The van der Waals surface area contributed by atoms with E-state index in [9.17, 15) is 14.0 Å². The van der Waals surface area contributed by atoms with E-state index in [1.54, 1.807) is 19.1 Å². The highest BCUT2D eigenvalue weighted by atomic mass is 19.1. The molecule has 2 amide bonds. The van der Waals surface area contributed by atoms with Gasteiger partial charge in [-0.2, -0.15) is 0 Å². The number of benzene rings is 1. The van der Waals surface area contributed by atoms with Crippen molar-refractivity contribution in [2.45, 2.75) is 46.2 Å². The zero-order chi connectivity index (χ0) is 15.7. The molecule has 1 N–H and O–H groups in total. The van der Waals surface area contributed by atoms with Gasteiger partial charge in [-0.1, -0.05) is 20.8 Å². The van der Waals surface area contributed by atoms with Crippen molar-refractivity contribution in [1.29, 1.82) is 0 Å². The summed E-state index contributed by atoms with van der Waals surface area (Å²) in [4.78, 5) is 26.4. The van der Waals surface area contributed by atoms with Crippen molar-refractivity contribution in [1.82, 2.24) is 5.32 Å². The van der Waals surface area contributed by atoms with Gasteiger partial charge in [0.25, 0.3) is 5.91 Å². The van der Waals surface area contributed by atoms with Crippen LogP contribution >= 0.6 is 0 Å². The van der Waals surface area contributed by atoms with Gasteiger partial charge in [0.1, 0.15) is 17.9 Å². The lowest BCUT2D eigenvalue weighted by molar-refractivity contribution is -0.134. The van der Waals surface area contributed by atoms with E-state index in [4.69, 9.17) is 0 Å². The van der Waals surface area contributed by atoms with Gasteiger partial charge >= 0.3 is 0 Å². The summed E-state index contributed by atoms with van der Waals surface area (Å²) in [6.07, 6.45) is 0.513. The highest BCUT2D eigenvalue weighted by Crippen LogP contribution is 2.26. The average Bonchev–Trinajstić information content (AvgIpc) is 2.43. The molecule has 0 spiro atoms. The van der Waals surface area contributed by atoms with E-state index < -0.39 is 12.1 Å². The molecule has 1 aromatic rings. The van der Waals surface area contributed by atoms with E-state index in [0.29, 0.717) is 17.7 Å². The molecule has 0 aromatic heterocycles. The molecule has 0 aliphatic carbocycles. The Balaban J connectivity index is 2.46. The van der Waals surface area contributed by atoms with Crippen LogP contribution in [-0.4, -0.2) is 23.9 Å². The smallest absolute Gasteiger partial charge is 0.250 e. The molecule has 1 aromatic carbocycles. The normalized spacial score (nSPS) is 22.7. The number of amides is 2. The van der Waals surface area contributed by atoms with Gasteiger partial charge < -0.3 is 5.32 Å². The zero-order valence-corrected chi connectivity index (χ0v) is 12.8. The van der Waals surface area contributed by atoms with Gasteiger partial charge in [-0.3, -0.25) is 14.5 Å². The number of carbonyl (C=O) groups is 2. The molecule has 21 heavy (non-hydrogen) atoms. The molecular formula is C16H21FN2O2. The molecule has 0 radical (unpaired) electrons. The molecule has 0 bridgehead atoms. The lowest BCUT2D eigenvalue weighted by Gasteiger charge is -2.40. The fourth-order valence-electron chi connectivity index (χ4n) is 2.64. The van der Waals surface area contributed by atoms with Crippen LogP contribution in [0.15, 0.2) is 18.2 Å². The van der Waals surface area contributed by atoms with Gasteiger partial charge in [-0.05, 0) is 43.0 Å². The second-order valence-corrected chi connectivity index (χ2v) is 5.80. The molecule has 1 fully saturated rings. The molecule has 2 atom stereocenters. The van der Waals surface area contributed by atoms with Crippen molar-refractivity contribution in [3.8, 4) is 0 Å². The standard InChI is InChI=1S/C16H21FN2O2/c1-5-13-15(20)18-14(9(2)3)16(21)19(13)11-6-7-12(17)10(4)8-11/h6-9,13-14H,5H2,1-4H3,(H,18,20). The first kappa shape index (κ1) is 15.5. The second kappa shape index (κ2) is 5.84. The number of piperazine rings is 1. The Morgan fingerprint density at radius 3 is 2.52 bits per heavy atom. The van der Waals surface area contributed by atoms with Crippen LogP contribution in [0.25, 0.3) is 0 Å². The molecule has 1 aliphatic rings. The van der Waals surface area contributed by atoms with Gasteiger partial charge in [0.15, 0.2) is 0 Å². The van der Waals surface area contributed by atoms with Crippen LogP contribution in [0.3, 0.4) is 0 Å². The Kier molecular flexibility index (Phi) is 4.30. The zero-order valence-electron chi connectivity index (χ0n) is 12.8. The average molecular weight is 292 g/mol. The summed E-state index contributed by atoms with van der Waals surface area (Å²) in [5, 5.41) is 2.79. The predicted octanol–water partition coefficient (Wildman–Crippen LogP) is 2.40. The van der Waals surface area contributed by atoms with E-state index in [0.717, 1.165) is 0 Å². The summed E-state index contributed by atoms with van der Waals surface area (Å²) in [7, 11) is 0. The molecule has 1 heterocycles. The monoisotopic (exact) mass is 292 g/mol. The maximum atomic E-state index is 13.4.